The van der Waals surface area contributed by atoms with Crippen molar-refractivity contribution < 1.29 is 14.0 Å². The molecule has 176 valence electrons. The van der Waals surface area contributed by atoms with E-state index in [0.717, 1.165) is 17.7 Å². The predicted molar refractivity (Wildman–Crippen MR) is 134 cm³/mol. The number of nitrogens with zero attached hydrogens (tertiary/aromatic N) is 4. The van der Waals surface area contributed by atoms with Crippen molar-refractivity contribution in [3.8, 4) is 11.4 Å². The van der Waals surface area contributed by atoms with E-state index in [1.807, 2.05) is 47.0 Å². The lowest BCUT2D eigenvalue weighted by Gasteiger charge is -2.15. The van der Waals surface area contributed by atoms with Crippen molar-refractivity contribution in [1.29, 1.82) is 0 Å². The van der Waals surface area contributed by atoms with Crippen LogP contribution in [-0.2, 0) is 11.3 Å². The Balaban J connectivity index is 1.35. The third kappa shape index (κ3) is 5.02. The van der Waals surface area contributed by atoms with Crippen LogP contribution in [0, 0.1) is 5.82 Å². The molecule has 1 amide bonds. The Bertz CT molecular complexity index is 1360. The molecule has 1 aliphatic heterocycles. The van der Waals surface area contributed by atoms with Crippen molar-refractivity contribution >= 4 is 29.1 Å². The Hall–Kier alpha value is -3.78. The molecule has 1 aliphatic rings. The molecule has 0 atom stereocenters. The number of benzene rings is 3. The second-order valence-corrected chi connectivity index (χ2v) is 9.21. The molecule has 0 saturated carbocycles. The molecule has 4 aromatic rings. The van der Waals surface area contributed by atoms with E-state index in [2.05, 4.69) is 10.2 Å². The lowest BCUT2D eigenvalue weighted by Crippen LogP contribution is -2.23. The molecule has 0 radical (unpaired) electrons. The molecule has 0 unspecified atom stereocenters. The number of halogens is 1. The zero-order chi connectivity index (χ0) is 24.2. The molecule has 0 bridgehead atoms. The number of rotatable bonds is 8. The summed E-state index contributed by atoms with van der Waals surface area (Å²) >= 11 is 1.27. The third-order valence-corrected chi connectivity index (χ3v) is 6.89. The fraction of sp³-hybridized carbons (Fsp3) is 0.185. The third-order valence-electron chi connectivity index (χ3n) is 5.92. The number of amides is 1. The highest BCUT2D eigenvalue weighted by atomic mass is 32.2. The van der Waals surface area contributed by atoms with Crippen LogP contribution >= 0.6 is 11.8 Å². The van der Waals surface area contributed by atoms with Crippen LogP contribution in [-0.4, -0.2) is 38.8 Å². The van der Waals surface area contributed by atoms with Crippen molar-refractivity contribution in [2.45, 2.75) is 24.5 Å². The van der Waals surface area contributed by atoms with E-state index in [1.165, 1.54) is 17.8 Å². The lowest BCUT2D eigenvalue weighted by molar-refractivity contribution is -0.117. The number of anilines is 1. The first-order chi connectivity index (χ1) is 17.1. The number of Topliss-reactive ketones (excluding diaryl/α,β-unsaturated/α-hetero) is 1. The SMILES string of the molecule is O=C(CSc1nnc(-c2ccccc2F)n1Cc1ccccc1)c1ccc(N2CCCC2=O)cc1. The average molecular weight is 487 g/mol. The molecule has 1 aromatic heterocycles. The Morgan fingerprint density at radius 2 is 1.69 bits per heavy atom. The second kappa shape index (κ2) is 10.2. The summed E-state index contributed by atoms with van der Waals surface area (Å²) in [4.78, 5) is 26.6. The molecule has 6 nitrogen and oxygen atoms in total. The van der Waals surface area contributed by atoms with Crippen molar-refractivity contribution in [2.24, 2.45) is 0 Å². The van der Waals surface area contributed by atoms with Crippen LogP contribution in [0.1, 0.15) is 28.8 Å². The van der Waals surface area contributed by atoms with Gasteiger partial charge in [-0.05, 0) is 48.4 Å². The van der Waals surface area contributed by atoms with Gasteiger partial charge in [-0.1, -0.05) is 54.2 Å². The van der Waals surface area contributed by atoms with Crippen LogP contribution in [0.15, 0.2) is 84.0 Å². The van der Waals surface area contributed by atoms with E-state index < -0.39 is 0 Å². The molecular formula is C27H23FN4O2S. The number of thioether (sulfide) groups is 1. The van der Waals surface area contributed by atoms with E-state index in [4.69, 9.17) is 0 Å². The fourth-order valence-electron chi connectivity index (χ4n) is 4.11. The first-order valence-corrected chi connectivity index (χ1v) is 12.4. The summed E-state index contributed by atoms with van der Waals surface area (Å²) in [6.07, 6.45) is 1.42. The number of hydrogen-bond donors (Lipinski definition) is 0. The van der Waals surface area contributed by atoms with E-state index in [1.54, 1.807) is 35.2 Å². The Kier molecular flexibility index (Phi) is 6.72. The summed E-state index contributed by atoms with van der Waals surface area (Å²) in [6, 6.07) is 23.4. The maximum absolute atomic E-state index is 14.5. The maximum atomic E-state index is 14.5. The lowest BCUT2D eigenvalue weighted by atomic mass is 10.1. The molecule has 1 saturated heterocycles. The standard InChI is InChI=1S/C27H23FN4O2S/c28-23-10-5-4-9-22(23)26-29-30-27(32(26)17-19-7-2-1-3-8-19)35-18-24(33)20-12-14-21(15-13-20)31-16-6-11-25(31)34/h1-5,7-10,12-15H,6,11,16-18H2. The van der Waals surface area contributed by atoms with E-state index in [9.17, 15) is 14.0 Å². The second-order valence-electron chi connectivity index (χ2n) is 8.27. The van der Waals surface area contributed by atoms with Crippen molar-refractivity contribution in [3.05, 3.63) is 95.8 Å². The van der Waals surface area contributed by atoms with Gasteiger partial charge in [0.25, 0.3) is 0 Å². The van der Waals surface area contributed by atoms with Crippen molar-refractivity contribution in [2.75, 3.05) is 17.2 Å². The summed E-state index contributed by atoms with van der Waals surface area (Å²) in [6.45, 7) is 1.16. The number of hydrogen-bond acceptors (Lipinski definition) is 5. The average Bonchev–Trinajstić information content (AvgIpc) is 3.49. The molecule has 0 N–H and O–H groups in total. The summed E-state index contributed by atoms with van der Waals surface area (Å²) < 4.78 is 16.4. The summed E-state index contributed by atoms with van der Waals surface area (Å²) in [5, 5.41) is 9.08. The van der Waals surface area contributed by atoms with E-state index in [-0.39, 0.29) is 23.3 Å². The minimum Gasteiger partial charge on any atom is -0.312 e. The fourth-order valence-corrected chi connectivity index (χ4v) is 4.94. The molecule has 3 aromatic carbocycles. The van der Waals surface area contributed by atoms with Gasteiger partial charge in [0.2, 0.25) is 5.91 Å². The molecule has 35 heavy (non-hydrogen) atoms. The summed E-state index contributed by atoms with van der Waals surface area (Å²) in [5.74, 6) is 0.255. The van der Waals surface area contributed by atoms with Crippen molar-refractivity contribution in [3.63, 3.8) is 0 Å². The van der Waals surface area contributed by atoms with Crippen molar-refractivity contribution in [1.82, 2.24) is 14.8 Å². The zero-order valence-electron chi connectivity index (χ0n) is 18.9. The quantitative estimate of drug-likeness (QED) is 0.252. The highest BCUT2D eigenvalue weighted by Crippen LogP contribution is 2.28. The first-order valence-electron chi connectivity index (χ1n) is 11.4. The van der Waals surface area contributed by atoms with E-state index in [0.29, 0.717) is 41.6 Å². The number of carbonyl (C=O) groups excluding carboxylic acids is 2. The van der Waals surface area contributed by atoms with Gasteiger partial charge in [-0.15, -0.1) is 10.2 Å². The van der Waals surface area contributed by atoms with Gasteiger partial charge >= 0.3 is 0 Å². The van der Waals surface area contributed by atoms with Gasteiger partial charge in [-0.25, -0.2) is 4.39 Å². The predicted octanol–water partition coefficient (Wildman–Crippen LogP) is 5.23. The van der Waals surface area contributed by atoms with Gasteiger partial charge in [-0.3, -0.25) is 14.2 Å². The monoisotopic (exact) mass is 486 g/mol. The van der Waals surface area contributed by atoms with Gasteiger partial charge in [0, 0.05) is 24.2 Å². The summed E-state index contributed by atoms with van der Waals surface area (Å²) in [5.41, 5.74) is 2.76. The Morgan fingerprint density at radius 3 is 2.40 bits per heavy atom. The highest BCUT2D eigenvalue weighted by molar-refractivity contribution is 7.99. The minimum atomic E-state index is -0.376. The van der Waals surface area contributed by atoms with Gasteiger partial charge in [0.05, 0.1) is 17.9 Å². The van der Waals surface area contributed by atoms with E-state index >= 15 is 0 Å². The topological polar surface area (TPSA) is 68.1 Å². The molecule has 0 spiro atoms. The number of carbonyl (C=O) groups is 2. The van der Waals surface area contributed by atoms with Crippen LogP contribution in [0.2, 0.25) is 0 Å². The maximum Gasteiger partial charge on any atom is 0.227 e. The van der Waals surface area contributed by atoms with Crippen LogP contribution in [0.25, 0.3) is 11.4 Å². The summed E-state index contributed by atoms with van der Waals surface area (Å²) in [7, 11) is 0. The molecule has 8 heteroatoms. The molecular weight excluding hydrogens is 463 g/mol. The van der Waals surface area contributed by atoms with Crippen LogP contribution in [0.3, 0.4) is 0 Å². The first kappa shape index (κ1) is 23.0. The molecule has 5 rings (SSSR count). The van der Waals surface area contributed by atoms with Crippen LogP contribution < -0.4 is 4.90 Å². The molecule has 2 heterocycles. The zero-order valence-corrected chi connectivity index (χ0v) is 19.7. The van der Waals surface area contributed by atoms with Gasteiger partial charge in [0.1, 0.15) is 5.82 Å². The Morgan fingerprint density at radius 1 is 0.943 bits per heavy atom. The minimum absolute atomic E-state index is 0.0593. The van der Waals surface area contributed by atoms with Crippen LogP contribution in [0.4, 0.5) is 10.1 Å². The van der Waals surface area contributed by atoms with Crippen LogP contribution in [0.5, 0.6) is 0 Å². The molecule has 1 fully saturated rings. The Labute approximate surface area is 206 Å². The number of aromatic nitrogens is 3. The van der Waals surface area contributed by atoms with Gasteiger partial charge in [-0.2, -0.15) is 0 Å². The van der Waals surface area contributed by atoms with Gasteiger partial charge in [0.15, 0.2) is 16.8 Å². The molecule has 0 aliphatic carbocycles. The largest absolute Gasteiger partial charge is 0.312 e. The number of ketones is 1. The smallest absolute Gasteiger partial charge is 0.227 e. The van der Waals surface area contributed by atoms with Gasteiger partial charge < -0.3 is 4.90 Å². The highest BCUT2D eigenvalue weighted by Gasteiger charge is 2.22. The normalized spacial score (nSPS) is 13.4.